The molecule has 0 fully saturated rings. The van der Waals surface area contributed by atoms with Crippen molar-refractivity contribution in [2.45, 2.75) is 31.9 Å². The highest BCUT2D eigenvalue weighted by atomic mass is 16.5. The summed E-state index contributed by atoms with van der Waals surface area (Å²) in [5, 5.41) is 3.39. The fourth-order valence-electron chi connectivity index (χ4n) is 3.02. The molecular formula is C18H21NO. The van der Waals surface area contributed by atoms with Crippen molar-refractivity contribution in [3.63, 3.8) is 0 Å². The molecule has 104 valence electrons. The predicted molar refractivity (Wildman–Crippen MR) is 82.2 cm³/mol. The van der Waals surface area contributed by atoms with Gasteiger partial charge in [0.15, 0.2) is 0 Å². The van der Waals surface area contributed by atoms with E-state index in [4.69, 9.17) is 4.74 Å². The van der Waals surface area contributed by atoms with Gasteiger partial charge in [0, 0.05) is 6.42 Å². The lowest BCUT2D eigenvalue weighted by Crippen LogP contribution is -2.30. The molecule has 0 aliphatic heterocycles. The van der Waals surface area contributed by atoms with E-state index >= 15 is 0 Å². The molecule has 0 amide bonds. The minimum absolute atomic E-state index is 0.171. The van der Waals surface area contributed by atoms with Crippen molar-refractivity contribution in [2.75, 3.05) is 7.05 Å². The second-order valence-electron chi connectivity index (χ2n) is 5.33. The average molecular weight is 267 g/mol. The van der Waals surface area contributed by atoms with E-state index in [1.54, 1.807) is 0 Å². The van der Waals surface area contributed by atoms with Gasteiger partial charge in [0.05, 0.1) is 6.04 Å². The van der Waals surface area contributed by atoms with Gasteiger partial charge in [-0.25, -0.2) is 0 Å². The summed E-state index contributed by atoms with van der Waals surface area (Å²) in [5.41, 5.74) is 4.08. The Bertz CT molecular complexity index is 593. The number of hydrogen-bond donors (Lipinski definition) is 1. The quantitative estimate of drug-likeness (QED) is 0.915. The van der Waals surface area contributed by atoms with Gasteiger partial charge < -0.3 is 10.1 Å². The first-order valence-electron chi connectivity index (χ1n) is 7.32. The number of fused-ring (bicyclic) bond motifs is 1. The van der Waals surface area contributed by atoms with Crippen LogP contribution in [0.1, 0.15) is 29.7 Å². The van der Waals surface area contributed by atoms with Crippen LogP contribution >= 0.6 is 0 Å². The molecular weight excluding hydrogens is 246 g/mol. The largest absolute Gasteiger partial charge is 0.488 e. The van der Waals surface area contributed by atoms with Gasteiger partial charge in [-0.1, -0.05) is 43.3 Å². The van der Waals surface area contributed by atoms with Gasteiger partial charge in [0.1, 0.15) is 11.9 Å². The van der Waals surface area contributed by atoms with Crippen LogP contribution in [0.25, 0.3) is 0 Å². The lowest BCUT2D eigenvalue weighted by atomic mass is 10.1. The molecule has 0 spiro atoms. The normalized spacial score (nSPS) is 20.7. The fraction of sp³-hybridized carbons (Fsp3) is 0.333. The van der Waals surface area contributed by atoms with Crippen molar-refractivity contribution in [2.24, 2.45) is 0 Å². The zero-order valence-corrected chi connectivity index (χ0v) is 12.1. The summed E-state index contributed by atoms with van der Waals surface area (Å²) in [6.07, 6.45) is 2.18. The summed E-state index contributed by atoms with van der Waals surface area (Å²) in [4.78, 5) is 0. The molecule has 1 N–H and O–H groups in total. The first-order chi connectivity index (χ1) is 9.81. The molecule has 2 atom stereocenters. The van der Waals surface area contributed by atoms with Crippen LogP contribution in [0.3, 0.4) is 0 Å². The lowest BCUT2D eigenvalue weighted by molar-refractivity contribution is 0.171. The van der Waals surface area contributed by atoms with E-state index in [-0.39, 0.29) is 12.1 Å². The van der Waals surface area contributed by atoms with E-state index in [0.29, 0.717) is 0 Å². The molecule has 1 aliphatic rings. The monoisotopic (exact) mass is 267 g/mol. The molecule has 2 heteroatoms. The van der Waals surface area contributed by atoms with Crippen LogP contribution in [0.4, 0.5) is 0 Å². The topological polar surface area (TPSA) is 21.3 Å². The number of ether oxygens (including phenoxy) is 1. The zero-order valence-electron chi connectivity index (χ0n) is 12.1. The van der Waals surface area contributed by atoms with Crippen molar-refractivity contribution >= 4 is 0 Å². The Kier molecular flexibility index (Phi) is 3.75. The van der Waals surface area contributed by atoms with Gasteiger partial charge in [-0.2, -0.15) is 0 Å². The summed E-state index contributed by atoms with van der Waals surface area (Å²) in [7, 11) is 2.01. The van der Waals surface area contributed by atoms with E-state index in [9.17, 15) is 0 Å². The highest BCUT2D eigenvalue weighted by Crippen LogP contribution is 2.33. The minimum Gasteiger partial charge on any atom is -0.488 e. The van der Waals surface area contributed by atoms with E-state index in [1.165, 1.54) is 16.7 Å². The van der Waals surface area contributed by atoms with Gasteiger partial charge in [0.25, 0.3) is 0 Å². The summed E-state index contributed by atoms with van der Waals surface area (Å²) in [5.74, 6) is 0.974. The maximum Gasteiger partial charge on any atom is 0.122 e. The summed E-state index contributed by atoms with van der Waals surface area (Å²) in [6, 6.07) is 17.3. The number of benzene rings is 2. The van der Waals surface area contributed by atoms with Crippen LogP contribution in [-0.4, -0.2) is 13.2 Å². The van der Waals surface area contributed by atoms with Gasteiger partial charge in [-0.3, -0.25) is 0 Å². The standard InChI is InChI=1S/C18H21NO/c1-3-13-7-6-9-15(11-13)20-17-12-14-8-4-5-10-16(14)18(17)19-2/h4-11,17-19H,3,12H2,1-2H3. The molecule has 2 aromatic rings. The van der Waals surface area contributed by atoms with Crippen LogP contribution in [0.2, 0.25) is 0 Å². The minimum atomic E-state index is 0.171. The molecule has 20 heavy (non-hydrogen) atoms. The third kappa shape index (κ3) is 2.44. The molecule has 0 aromatic heterocycles. The van der Waals surface area contributed by atoms with E-state index in [2.05, 4.69) is 60.8 Å². The van der Waals surface area contributed by atoms with E-state index in [0.717, 1.165) is 18.6 Å². The SMILES string of the molecule is CCc1cccc(OC2Cc3ccccc3C2NC)c1. The molecule has 2 aromatic carbocycles. The molecule has 0 saturated carbocycles. The van der Waals surface area contributed by atoms with Crippen molar-refractivity contribution < 1.29 is 4.74 Å². The number of rotatable bonds is 4. The Morgan fingerprint density at radius 3 is 2.80 bits per heavy atom. The third-order valence-corrected chi connectivity index (χ3v) is 4.09. The van der Waals surface area contributed by atoms with Crippen LogP contribution in [-0.2, 0) is 12.8 Å². The number of hydrogen-bond acceptors (Lipinski definition) is 2. The Morgan fingerprint density at radius 2 is 2.00 bits per heavy atom. The first-order valence-corrected chi connectivity index (χ1v) is 7.32. The number of nitrogens with one attached hydrogen (secondary N) is 1. The molecule has 0 saturated heterocycles. The second-order valence-corrected chi connectivity index (χ2v) is 5.33. The molecule has 1 aliphatic carbocycles. The molecule has 2 unspecified atom stereocenters. The Hall–Kier alpha value is -1.80. The first kappa shape index (κ1) is 13.2. The van der Waals surface area contributed by atoms with Crippen LogP contribution in [0, 0.1) is 0 Å². The molecule has 0 bridgehead atoms. The summed E-state index contributed by atoms with van der Waals surface area (Å²) in [6.45, 7) is 2.17. The molecule has 0 radical (unpaired) electrons. The van der Waals surface area contributed by atoms with Gasteiger partial charge in [0.2, 0.25) is 0 Å². The number of aryl methyl sites for hydroxylation is 1. The van der Waals surface area contributed by atoms with Gasteiger partial charge in [-0.05, 0) is 42.3 Å². The maximum atomic E-state index is 6.24. The van der Waals surface area contributed by atoms with Crippen LogP contribution in [0.5, 0.6) is 5.75 Å². The van der Waals surface area contributed by atoms with Crippen molar-refractivity contribution in [3.8, 4) is 5.75 Å². The van der Waals surface area contributed by atoms with Gasteiger partial charge in [-0.15, -0.1) is 0 Å². The number of likely N-dealkylation sites (N-methyl/N-ethyl adjacent to an activating group) is 1. The maximum absolute atomic E-state index is 6.24. The summed E-state index contributed by atoms with van der Waals surface area (Å²) < 4.78 is 6.24. The average Bonchev–Trinajstić information content (AvgIpc) is 2.84. The lowest BCUT2D eigenvalue weighted by Gasteiger charge is -2.21. The Labute approximate surface area is 120 Å². The van der Waals surface area contributed by atoms with Crippen molar-refractivity contribution in [1.29, 1.82) is 0 Å². The highest BCUT2D eigenvalue weighted by molar-refractivity contribution is 5.38. The van der Waals surface area contributed by atoms with Crippen LogP contribution < -0.4 is 10.1 Å². The zero-order chi connectivity index (χ0) is 13.9. The highest BCUT2D eigenvalue weighted by Gasteiger charge is 2.32. The second kappa shape index (κ2) is 5.68. The third-order valence-electron chi connectivity index (χ3n) is 4.09. The summed E-state index contributed by atoms with van der Waals surface area (Å²) >= 11 is 0. The fourth-order valence-corrected chi connectivity index (χ4v) is 3.02. The Morgan fingerprint density at radius 1 is 1.15 bits per heavy atom. The smallest absolute Gasteiger partial charge is 0.122 e. The molecule has 2 nitrogen and oxygen atoms in total. The van der Waals surface area contributed by atoms with E-state index in [1.807, 2.05) is 7.05 Å². The van der Waals surface area contributed by atoms with Crippen LogP contribution in [0.15, 0.2) is 48.5 Å². The Balaban J connectivity index is 1.81. The van der Waals surface area contributed by atoms with E-state index < -0.39 is 0 Å². The molecule has 0 heterocycles. The predicted octanol–water partition coefficient (Wildman–Crippen LogP) is 3.51. The van der Waals surface area contributed by atoms with Crippen molar-refractivity contribution in [3.05, 3.63) is 65.2 Å². The molecule has 3 rings (SSSR count). The van der Waals surface area contributed by atoms with Crippen molar-refractivity contribution in [1.82, 2.24) is 5.32 Å². The van der Waals surface area contributed by atoms with Gasteiger partial charge >= 0.3 is 0 Å².